The van der Waals surface area contributed by atoms with Gasteiger partial charge < -0.3 is 23.9 Å². The van der Waals surface area contributed by atoms with Gasteiger partial charge in [0.2, 0.25) is 5.91 Å². The van der Waals surface area contributed by atoms with E-state index in [1.807, 2.05) is 31.2 Å². The number of hydrogen-bond donors (Lipinski definition) is 1. The fourth-order valence-electron chi connectivity index (χ4n) is 6.16. The lowest BCUT2D eigenvalue weighted by Gasteiger charge is -2.43. The van der Waals surface area contributed by atoms with Gasteiger partial charge in [-0.25, -0.2) is 9.97 Å². The number of fused-ring (bicyclic) bond motifs is 9. The third-order valence-corrected chi connectivity index (χ3v) is 8.74. The molecule has 1 aromatic carbocycles. The van der Waals surface area contributed by atoms with E-state index in [4.69, 9.17) is 9.72 Å². The molecule has 0 radical (unpaired) electrons. The lowest BCUT2D eigenvalue weighted by Crippen LogP contribution is -2.46. The van der Waals surface area contributed by atoms with Crippen molar-refractivity contribution in [3.63, 3.8) is 0 Å². The quantitative estimate of drug-likeness (QED) is 0.411. The number of hydrogen-bond acceptors (Lipinski definition) is 5. The molecule has 1 amide bonds. The van der Waals surface area contributed by atoms with Crippen molar-refractivity contribution < 1.29 is 22.9 Å². The largest absolute Gasteiger partial charge is 0.439 e. The van der Waals surface area contributed by atoms with E-state index in [1.165, 1.54) is 0 Å². The summed E-state index contributed by atoms with van der Waals surface area (Å²) in [5.74, 6) is 0.598. The normalized spacial score (nSPS) is 26.3. The van der Waals surface area contributed by atoms with Gasteiger partial charge in [0.1, 0.15) is 17.4 Å². The van der Waals surface area contributed by atoms with Crippen LogP contribution in [0.5, 0.6) is 0 Å². The minimum atomic E-state index is -3.00. The smallest absolute Gasteiger partial charge is 0.387 e. The van der Waals surface area contributed by atoms with Gasteiger partial charge in [-0.3, -0.25) is 4.79 Å². The summed E-state index contributed by atoms with van der Waals surface area (Å²) in [6.07, 6.45) is 7.23. The summed E-state index contributed by atoms with van der Waals surface area (Å²) in [5, 5.41) is 2.93. The molecule has 38 heavy (non-hydrogen) atoms. The maximum absolute atomic E-state index is 13.5. The van der Waals surface area contributed by atoms with Crippen molar-refractivity contribution in [3.05, 3.63) is 66.3 Å². The Morgan fingerprint density at radius 2 is 1.97 bits per heavy atom. The number of imidazole rings is 1. The number of aromatic nitrogens is 3. The lowest BCUT2D eigenvalue weighted by molar-refractivity contribution is -0.144. The van der Waals surface area contributed by atoms with E-state index in [0.717, 1.165) is 28.0 Å². The predicted molar refractivity (Wildman–Crippen MR) is 141 cm³/mol. The number of nitrogens with zero attached hydrogens (tertiary/aromatic N) is 4. The molecule has 6 rings (SSSR count). The van der Waals surface area contributed by atoms with Crippen LogP contribution in [0.4, 0.5) is 14.6 Å². The molecule has 2 bridgehead atoms. The van der Waals surface area contributed by atoms with Gasteiger partial charge in [-0.05, 0) is 49.2 Å². The number of ether oxygens (including phenoxy) is 1. The van der Waals surface area contributed by atoms with Crippen LogP contribution in [0.1, 0.15) is 31.3 Å². The third-order valence-electron chi connectivity index (χ3n) is 7.97. The van der Waals surface area contributed by atoms with Crippen LogP contribution in [0.25, 0.3) is 22.2 Å². The zero-order valence-electron chi connectivity index (χ0n) is 21.4. The number of halogens is 2. The van der Waals surface area contributed by atoms with Crippen molar-refractivity contribution in [3.8, 4) is 11.1 Å². The SMILES string of the molecule is CN1C(=O)C2C=CC=C(OC(F)F)C2(C)[C@H]2C[C@@H]1c1nc3ccc(-c4ccc(NP(C)(C)=O)nc4)cc3n12. The van der Waals surface area contributed by atoms with Crippen LogP contribution in [0.2, 0.25) is 0 Å². The molecule has 8 nitrogen and oxygen atoms in total. The van der Waals surface area contributed by atoms with Gasteiger partial charge in [-0.1, -0.05) is 18.2 Å². The van der Waals surface area contributed by atoms with E-state index in [0.29, 0.717) is 12.2 Å². The van der Waals surface area contributed by atoms with Gasteiger partial charge in [0, 0.05) is 32.1 Å². The number of anilines is 1. The Bertz CT molecular complexity index is 1560. The molecule has 4 atom stereocenters. The molecular weight excluding hydrogens is 511 g/mol. The average molecular weight is 540 g/mol. The van der Waals surface area contributed by atoms with E-state index in [2.05, 4.69) is 14.6 Å². The van der Waals surface area contributed by atoms with Gasteiger partial charge in [0.25, 0.3) is 0 Å². The van der Waals surface area contributed by atoms with Crippen molar-refractivity contribution in [2.45, 2.75) is 32.0 Å². The standard InChI is InChI=1S/C27H28F2N5O3P/c1-27-17(6-5-7-22(27)37-26(28)29)25(35)33(2)20-13-21(27)34-19-12-15(8-10-18(19)31-24(20)34)16-9-11-23(30-14-16)32-38(3,4)36/h5-12,14,17,20-21,26H,13H2,1-4H3,(H,30,32,36)/t17?,20-,21-,27?/m1/s1. The number of nitrogens with one attached hydrogen (secondary N) is 1. The van der Waals surface area contributed by atoms with Crippen molar-refractivity contribution in [2.75, 3.05) is 25.5 Å². The maximum atomic E-state index is 13.5. The fourth-order valence-corrected chi connectivity index (χ4v) is 6.84. The first-order valence-electron chi connectivity index (χ1n) is 12.4. The topological polar surface area (TPSA) is 89.3 Å². The molecule has 1 fully saturated rings. The number of amides is 1. The van der Waals surface area contributed by atoms with Gasteiger partial charge in [0.05, 0.1) is 34.4 Å². The minimum Gasteiger partial charge on any atom is -0.439 e. The Balaban J connectivity index is 1.48. The molecule has 11 heteroatoms. The Hall–Kier alpha value is -3.52. The molecule has 1 aliphatic carbocycles. The molecule has 4 heterocycles. The number of pyridine rings is 1. The number of carbonyl (C=O) groups is 1. The van der Waals surface area contributed by atoms with E-state index in [1.54, 1.807) is 55.8 Å². The number of alkyl halides is 2. The van der Waals surface area contributed by atoms with Crippen LogP contribution in [0, 0.1) is 11.3 Å². The van der Waals surface area contributed by atoms with Crippen molar-refractivity contribution in [1.29, 1.82) is 0 Å². The Labute approximate surface area is 218 Å². The number of benzene rings is 1. The Morgan fingerprint density at radius 3 is 2.66 bits per heavy atom. The van der Waals surface area contributed by atoms with Crippen LogP contribution >= 0.6 is 7.29 Å². The minimum absolute atomic E-state index is 0.106. The molecule has 3 aromatic rings. The Kier molecular flexibility index (Phi) is 5.54. The van der Waals surface area contributed by atoms with Crippen molar-refractivity contribution in [1.82, 2.24) is 19.4 Å². The summed E-state index contributed by atoms with van der Waals surface area (Å²) >= 11 is 0. The second-order valence-corrected chi connectivity index (χ2v) is 13.6. The summed E-state index contributed by atoms with van der Waals surface area (Å²) in [6.45, 7) is 2.12. The summed E-state index contributed by atoms with van der Waals surface area (Å²) in [4.78, 5) is 24.5. The fraction of sp³-hybridized carbons (Fsp3) is 0.370. The van der Waals surface area contributed by atoms with Gasteiger partial charge >= 0.3 is 6.61 Å². The molecule has 0 spiro atoms. The summed E-state index contributed by atoms with van der Waals surface area (Å²) in [7, 11) is -0.730. The molecule has 0 saturated carbocycles. The third kappa shape index (κ3) is 3.76. The highest BCUT2D eigenvalue weighted by Gasteiger charge is 2.58. The van der Waals surface area contributed by atoms with E-state index >= 15 is 0 Å². The first kappa shape index (κ1) is 24.8. The van der Waals surface area contributed by atoms with Gasteiger partial charge in [-0.15, -0.1) is 0 Å². The second kappa shape index (κ2) is 8.50. The maximum Gasteiger partial charge on any atom is 0.387 e. The lowest BCUT2D eigenvalue weighted by atomic mass is 9.67. The zero-order chi connectivity index (χ0) is 27.0. The van der Waals surface area contributed by atoms with Crippen LogP contribution < -0.4 is 5.09 Å². The molecule has 198 valence electrons. The molecule has 2 unspecified atom stereocenters. The molecule has 3 aliphatic rings. The monoisotopic (exact) mass is 539 g/mol. The highest BCUT2D eigenvalue weighted by atomic mass is 31.2. The van der Waals surface area contributed by atoms with Crippen molar-refractivity contribution in [2.24, 2.45) is 11.3 Å². The molecule has 1 N–H and O–H groups in total. The van der Waals surface area contributed by atoms with Crippen molar-refractivity contribution >= 4 is 30.1 Å². The highest BCUT2D eigenvalue weighted by molar-refractivity contribution is 7.63. The van der Waals surface area contributed by atoms with Crippen LogP contribution in [-0.2, 0) is 14.1 Å². The molecular formula is C27H28F2N5O3P. The van der Waals surface area contributed by atoms with Crippen LogP contribution in [-0.4, -0.2) is 52.3 Å². The molecule has 1 saturated heterocycles. The first-order chi connectivity index (χ1) is 18.0. The van der Waals surface area contributed by atoms with E-state index in [-0.39, 0.29) is 23.8 Å². The zero-order valence-corrected chi connectivity index (χ0v) is 22.3. The summed E-state index contributed by atoms with van der Waals surface area (Å²) in [5.41, 5.74) is 2.36. The van der Waals surface area contributed by atoms with E-state index < -0.39 is 25.2 Å². The first-order valence-corrected chi connectivity index (χ1v) is 15.0. The summed E-state index contributed by atoms with van der Waals surface area (Å²) < 4.78 is 46.2. The number of carbonyl (C=O) groups excluding carboxylic acids is 1. The molecule has 2 aliphatic heterocycles. The average Bonchev–Trinajstić information content (AvgIpc) is 3.38. The second-order valence-electron chi connectivity index (χ2n) is 10.7. The van der Waals surface area contributed by atoms with Gasteiger partial charge in [-0.2, -0.15) is 8.78 Å². The van der Waals surface area contributed by atoms with Crippen LogP contribution in [0.3, 0.4) is 0 Å². The van der Waals surface area contributed by atoms with Gasteiger partial charge in [0.15, 0.2) is 7.29 Å². The highest BCUT2D eigenvalue weighted by Crippen LogP contribution is 2.59. The predicted octanol–water partition coefficient (Wildman–Crippen LogP) is 5.82. The molecule has 2 aromatic heterocycles. The van der Waals surface area contributed by atoms with Crippen LogP contribution in [0.15, 0.2) is 60.5 Å². The summed E-state index contributed by atoms with van der Waals surface area (Å²) in [6, 6.07) is 8.99. The number of rotatable bonds is 5. The Morgan fingerprint density at radius 1 is 1.21 bits per heavy atom. The number of allylic oxidation sites excluding steroid dienone is 3. The van der Waals surface area contributed by atoms with E-state index in [9.17, 15) is 18.1 Å². The number of likely N-dealkylation sites (tertiary alicyclic amines) is 1.